The second-order valence-electron chi connectivity index (χ2n) is 4.16. The molecule has 4 heteroatoms. The van der Waals surface area contributed by atoms with Crippen LogP contribution in [0.3, 0.4) is 0 Å². The molecule has 92 valence electrons. The van der Waals surface area contributed by atoms with E-state index in [1.807, 2.05) is 23.9 Å². The van der Waals surface area contributed by atoms with Gasteiger partial charge in [-0.1, -0.05) is 6.92 Å². The smallest absolute Gasteiger partial charge is 0.0885 e. The number of aliphatic hydroxyl groups is 1. The van der Waals surface area contributed by atoms with Crippen molar-refractivity contribution in [3.05, 3.63) is 39.8 Å². The highest BCUT2D eigenvalue weighted by Gasteiger charge is 2.11. The molecule has 3 nitrogen and oxygen atoms in total. The summed E-state index contributed by atoms with van der Waals surface area (Å²) in [6, 6.07) is 6.14. The van der Waals surface area contributed by atoms with Crippen molar-refractivity contribution in [1.82, 2.24) is 9.78 Å². The Labute approximate surface area is 106 Å². The minimum Gasteiger partial charge on any atom is -0.388 e. The molecule has 2 aromatic rings. The fourth-order valence-corrected chi connectivity index (χ4v) is 2.81. The first kappa shape index (κ1) is 12.3. The van der Waals surface area contributed by atoms with Crippen LogP contribution in [0.1, 0.15) is 34.9 Å². The molecule has 0 aliphatic rings. The predicted molar refractivity (Wildman–Crippen MR) is 70.2 cm³/mol. The zero-order chi connectivity index (χ0) is 12.3. The molecular weight excluding hydrogens is 232 g/mol. The minimum atomic E-state index is -0.352. The summed E-state index contributed by atoms with van der Waals surface area (Å²) >= 11 is 1.71. The summed E-state index contributed by atoms with van der Waals surface area (Å²) in [6.07, 6.45) is 4.09. The van der Waals surface area contributed by atoms with Gasteiger partial charge in [0.15, 0.2) is 0 Å². The zero-order valence-corrected chi connectivity index (χ0v) is 11.1. The van der Waals surface area contributed by atoms with Gasteiger partial charge in [-0.25, -0.2) is 0 Å². The van der Waals surface area contributed by atoms with Crippen molar-refractivity contribution in [1.29, 1.82) is 0 Å². The van der Waals surface area contributed by atoms with Crippen LogP contribution in [0.5, 0.6) is 0 Å². The van der Waals surface area contributed by atoms with Crippen LogP contribution in [0, 0.1) is 0 Å². The van der Waals surface area contributed by atoms with Crippen LogP contribution < -0.4 is 0 Å². The van der Waals surface area contributed by atoms with Crippen LogP contribution in [0.4, 0.5) is 0 Å². The molecule has 0 aliphatic carbocycles. The molecule has 0 amide bonds. The van der Waals surface area contributed by atoms with E-state index >= 15 is 0 Å². The number of aliphatic hydroxyl groups excluding tert-OH is 1. The van der Waals surface area contributed by atoms with Gasteiger partial charge in [-0.05, 0) is 37.5 Å². The summed E-state index contributed by atoms with van der Waals surface area (Å²) in [5.74, 6) is 0. The first-order valence-corrected chi connectivity index (χ1v) is 6.76. The average Bonchev–Trinajstić information content (AvgIpc) is 2.94. The van der Waals surface area contributed by atoms with E-state index in [0.29, 0.717) is 0 Å². The number of hydrogen-bond acceptors (Lipinski definition) is 3. The molecule has 1 unspecified atom stereocenters. The van der Waals surface area contributed by atoms with E-state index in [9.17, 15) is 5.11 Å². The molecule has 1 atom stereocenters. The highest BCUT2D eigenvalue weighted by Crippen LogP contribution is 2.26. The van der Waals surface area contributed by atoms with Crippen molar-refractivity contribution in [3.63, 3.8) is 0 Å². The lowest BCUT2D eigenvalue weighted by molar-refractivity contribution is 0.171. The van der Waals surface area contributed by atoms with E-state index in [-0.39, 0.29) is 6.10 Å². The molecule has 2 heterocycles. The highest BCUT2D eigenvalue weighted by molar-refractivity contribution is 7.12. The van der Waals surface area contributed by atoms with Crippen molar-refractivity contribution in [2.24, 2.45) is 7.05 Å². The van der Waals surface area contributed by atoms with Crippen LogP contribution in [-0.2, 0) is 19.9 Å². The Hall–Kier alpha value is -1.13. The lowest BCUT2D eigenvalue weighted by Crippen LogP contribution is -2.02. The second kappa shape index (κ2) is 5.47. The highest BCUT2D eigenvalue weighted by atomic mass is 32.1. The summed E-state index contributed by atoms with van der Waals surface area (Å²) in [5.41, 5.74) is 1.16. The van der Waals surface area contributed by atoms with Gasteiger partial charge in [0, 0.05) is 28.7 Å². The SMILES string of the molecule is CCc1ccc(C(O)CCc2ccnn2C)s1. The van der Waals surface area contributed by atoms with E-state index in [1.165, 1.54) is 4.88 Å². The average molecular weight is 250 g/mol. The number of hydrogen-bond donors (Lipinski definition) is 1. The summed E-state index contributed by atoms with van der Waals surface area (Å²) < 4.78 is 1.86. The van der Waals surface area contributed by atoms with E-state index in [2.05, 4.69) is 18.1 Å². The van der Waals surface area contributed by atoms with Gasteiger partial charge in [0.1, 0.15) is 0 Å². The van der Waals surface area contributed by atoms with Crippen molar-refractivity contribution < 1.29 is 5.11 Å². The standard InChI is InChI=1S/C13H18N2OS/c1-3-11-5-7-13(17-11)12(16)6-4-10-8-9-14-15(10)2/h5,7-9,12,16H,3-4,6H2,1-2H3. The summed E-state index contributed by atoms with van der Waals surface area (Å²) in [4.78, 5) is 2.41. The lowest BCUT2D eigenvalue weighted by atomic mass is 10.1. The van der Waals surface area contributed by atoms with Gasteiger partial charge >= 0.3 is 0 Å². The maximum Gasteiger partial charge on any atom is 0.0885 e. The molecule has 0 spiro atoms. The fourth-order valence-electron chi connectivity index (χ4n) is 1.84. The molecule has 0 saturated heterocycles. The Balaban J connectivity index is 1.93. The molecule has 0 bridgehead atoms. The molecule has 2 rings (SSSR count). The molecule has 0 saturated carbocycles. The topological polar surface area (TPSA) is 38.1 Å². The van der Waals surface area contributed by atoms with Gasteiger partial charge < -0.3 is 5.11 Å². The molecule has 2 aromatic heterocycles. The van der Waals surface area contributed by atoms with Gasteiger partial charge in [0.25, 0.3) is 0 Å². The summed E-state index contributed by atoms with van der Waals surface area (Å²) in [6.45, 7) is 2.14. The van der Waals surface area contributed by atoms with Crippen LogP contribution in [-0.4, -0.2) is 14.9 Å². The fraction of sp³-hybridized carbons (Fsp3) is 0.462. The lowest BCUT2D eigenvalue weighted by Gasteiger charge is -2.08. The van der Waals surface area contributed by atoms with E-state index in [1.54, 1.807) is 17.5 Å². The number of thiophene rings is 1. The third-order valence-corrected chi connectivity index (χ3v) is 4.29. The third-order valence-electron chi connectivity index (χ3n) is 2.96. The van der Waals surface area contributed by atoms with Crippen molar-refractivity contribution in [2.45, 2.75) is 32.3 Å². The largest absolute Gasteiger partial charge is 0.388 e. The minimum absolute atomic E-state index is 0.352. The molecule has 0 aromatic carbocycles. The Morgan fingerprint density at radius 1 is 1.41 bits per heavy atom. The van der Waals surface area contributed by atoms with E-state index < -0.39 is 0 Å². The monoisotopic (exact) mass is 250 g/mol. The summed E-state index contributed by atoms with van der Waals surface area (Å²) in [7, 11) is 1.93. The first-order chi connectivity index (χ1) is 8.20. The zero-order valence-electron chi connectivity index (χ0n) is 10.3. The summed E-state index contributed by atoms with van der Waals surface area (Å²) in [5, 5.41) is 14.2. The molecule has 0 radical (unpaired) electrons. The van der Waals surface area contributed by atoms with Gasteiger partial charge in [-0.2, -0.15) is 5.10 Å². The maximum absolute atomic E-state index is 10.1. The van der Waals surface area contributed by atoms with Crippen molar-refractivity contribution in [2.75, 3.05) is 0 Å². The quantitative estimate of drug-likeness (QED) is 0.886. The van der Waals surface area contributed by atoms with Crippen LogP contribution in [0.25, 0.3) is 0 Å². The molecular formula is C13H18N2OS. The van der Waals surface area contributed by atoms with Gasteiger partial charge in [-0.15, -0.1) is 11.3 Å². The van der Waals surface area contributed by atoms with Crippen LogP contribution in [0.15, 0.2) is 24.4 Å². The van der Waals surface area contributed by atoms with Crippen LogP contribution >= 0.6 is 11.3 Å². The van der Waals surface area contributed by atoms with E-state index in [0.717, 1.165) is 29.8 Å². The van der Waals surface area contributed by atoms with Gasteiger partial charge in [0.2, 0.25) is 0 Å². The van der Waals surface area contributed by atoms with Crippen molar-refractivity contribution in [3.8, 4) is 0 Å². The Bertz CT molecular complexity index is 475. The predicted octanol–water partition coefficient (Wildman–Crippen LogP) is 2.71. The van der Waals surface area contributed by atoms with Gasteiger partial charge in [-0.3, -0.25) is 4.68 Å². The number of aromatic nitrogens is 2. The molecule has 1 N–H and O–H groups in total. The number of aryl methyl sites for hydroxylation is 3. The van der Waals surface area contributed by atoms with Gasteiger partial charge in [0.05, 0.1) is 6.10 Å². The van der Waals surface area contributed by atoms with Crippen molar-refractivity contribution >= 4 is 11.3 Å². The molecule has 0 aliphatic heterocycles. The second-order valence-corrected chi connectivity index (χ2v) is 5.36. The number of rotatable bonds is 5. The maximum atomic E-state index is 10.1. The first-order valence-electron chi connectivity index (χ1n) is 5.94. The molecule has 0 fully saturated rings. The number of nitrogens with zero attached hydrogens (tertiary/aromatic N) is 2. The normalized spacial score (nSPS) is 12.9. The third kappa shape index (κ3) is 2.96. The Kier molecular flexibility index (Phi) is 3.97. The van der Waals surface area contributed by atoms with E-state index in [4.69, 9.17) is 0 Å². The molecule has 17 heavy (non-hydrogen) atoms. The Morgan fingerprint density at radius 3 is 2.82 bits per heavy atom. The van der Waals surface area contributed by atoms with Crippen LogP contribution in [0.2, 0.25) is 0 Å². The Morgan fingerprint density at radius 2 is 2.24 bits per heavy atom.